The number of hydrogen-bond acceptors (Lipinski definition) is 9. The molecule has 184 valence electrons. The topological polar surface area (TPSA) is 89.8 Å². The Balaban J connectivity index is 1.29. The Kier molecular flexibility index (Phi) is 6.71. The Labute approximate surface area is 205 Å². The van der Waals surface area contributed by atoms with Crippen molar-refractivity contribution in [1.29, 1.82) is 0 Å². The maximum atomic E-state index is 6.12. The molecule has 2 aliphatic heterocycles. The van der Waals surface area contributed by atoms with Gasteiger partial charge in [0.2, 0.25) is 5.88 Å². The molecule has 35 heavy (non-hydrogen) atoms. The van der Waals surface area contributed by atoms with E-state index in [0.717, 1.165) is 42.0 Å². The van der Waals surface area contributed by atoms with Gasteiger partial charge < -0.3 is 24.4 Å². The summed E-state index contributed by atoms with van der Waals surface area (Å²) in [6.45, 7) is 5.09. The van der Waals surface area contributed by atoms with E-state index in [1.54, 1.807) is 20.4 Å². The van der Waals surface area contributed by atoms with Crippen LogP contribution in [0.5, 0.6) is 17.4 Å². The molecule has 0 aliphatic carbocycles. The lowest BCUT2D eigenvalue weighted by Gasteiger charge is -2.24. The summed E-state index contributed by atoms with van der Waals surface area (Å²) in [4.78, 5) is 8.21. The highest BCUT2D eigenvalue weighted by molar-refractivity contribution is 5.64. The number of piperidine rings is 1. The highest BCUT2D eigenvalue weighted by Gasteiger charge is 2.23. The van der Waals surface area contributed by atoms with Crippen LogP contribution in [0, 0.1) is 6.92 Å². The van der Waals surface area contributed by atoms with Crippen molar-refractivity contribution in [2.24, 2.45) is 0 Å². The Morgan fingerprint density at radius 2 is 2.03 bits per heavy atom. The molecule has 0 amide bonds. The molecule has 1 N–H and O–H groups in total. The maximum absolute atomic E-state index is 6.12. The van der Waals surface area contributed by atoms with E-state index >= 15 is 0 Å². The van der Waals surface area contributed by atoms with E-state index in [0.29, 0.717) is 36.6 Å². The molecule has 1 aromatic carbocycles. The second-order valence-electron chi connectivity index (χ2n) is 8.74. The second-order valence-corrected chi connectivity index (χ2v) is 8.74. The summed E-state index contributed by atoms with van der Waals surface area (Å²) < 4.78 is 16.8. The standard InChI is InChI=1S/C25H31N7O3/c1-18-11-23(33-2)24(35-16-19-6-7-25(34-3)27-13-19)12-22(18)30-9-10-31(17-30)32-15-21(28-29-32)20-5-4-8-26-14-20/h6-7,9-13,15,20,26H,4-5,8,14,16-17H2,1-3H3. The Morgan fingerprint density at radius 1 is 1.11 bits per heavy atom. The molecule has 5 rings (SSSR count). The molecule has 4 heterocycles. The molecule has 1 saturated heterocycles. The van der Waals surface area contributed by atoms with Gasteiger partial charge in [-0.1, -0.05) is 0 Å². The van der Waals surface area contributed by atoms with Gasteiger partial charge >= 0.3 is 0 Å². The molecular weight excluding hydrogens is 446 g/mol. The Bertz CT molecular complexity index is 1170. The number of nitrogens with one attached hydrogen (secondary N) is 1. The van der Waals surface area contributed by atoms with Crippen molar-refractivity contribution in [1.82, 2.24) is 25.4 Å². The largest absolute Gasteiger partial charge is 0.493 e. The van der Waals surface area contributed by atoms with Gasteiger partial charge in [0.1, 0.15) is 13.3 Å². The zero-order valence-corrected chi connectivity index (χ0v) is 20.3. The van der Waals surface area contributed by atoms with Crippen LogP contribution in [0.4, 0.5) is 5.69 Å². The van der Waals surface area contributed by atoms with Crippen LogP contribution in [-0.4, -0.2) is 54.1 Å². The molecule has 10 heteroatoms. The molecule has 0 saturated carbocycles. The van der Waals surface area contributed by atoms with Crippen LogP contribution in [0.2, 0.25) is 0 Å². The van der Waals surface area contributed by atoms with Gasteiger partial charge in [-0.2, -0.15) is 4.79 Å². The van der Waals surface area contributed by atoms with E-state index < -0.39 is 0 Å². The first kappa shape index (κ1) is 23.0. The molecule has 2 aromatic heterocycles. The predicted octanol–water partition coefficient (Wildman–Crippen LogP) is 2.93. The van der Waals surface area contributed by atoms with Crippen molar-refractivity contribution in [2.45, 2.75) is 32.3 Å². The molecule has 1 fully saturated rings. The normalized spacial score (nSPS) is 17.6. The van der Waals surface area contributed by atoms with Crippen molar-refractivity contribution >= 4 is 5.69 Å². The summed E-state index contributed by atoms with van der Waals surface area (Å²) in [6.07, 6.45) is 10.1. The summed E-state index contributed by atoms with van der Waals surface area (Å²) in [5.74, 6) is 2.35. The monoisotopic (exact) mass is 477 g/mol. The van der Waals surface area contributed by atoms with Crippen LogP contribution in [0.25, 0.3) is 0 Å². The van der Waals surface area contributed by atoms with Crippen molar-refractivity contribution in [3.05, 3.63) is 65.9 Å². The van der Waals surface area contributed by atoms with Gasteiger partial charge in [0.05, 0.1) is 26.1 Å². The zero-order valence-electron chi connectivity index (χ0n) is 20.3. The lowest BCUT2D eigenvalue weighted by atomic mass is 9.97. The summed E-state index contributed by atoms with van der Waals surface area (Å²) >= 11 is 0. The van der Waals surface area contributed by atoms with Crippen molar-refractivity contribution in [3.63, 3.8) is 0 Å². The van der Waals surface area contributed by atoms with E-state index in [9.17, 15) is 0 Å². The minimum absolute atomic E-state index is 0.371. The average Bonchev–Trinajstić information content (AvgIpc) is 3.59. The molecule has 2 aliphatic rings. The molecule has 0 radical (unpaired) electrons. The fourth-order valence-corrected chi connectivity index (χ4v) is 4.39. The van der Waals surface area contributed by atoms with Gasteiger partial charge in [-0.05, 0) is 49.2 Å². The lowest BCUT2D eigenvalue weighted by molar-refractivity contribution is 0.283. The predicted molar refractivity (Wildman–Crippen MR) is 132 cm³/mol. The number of ether oxygens (including phenoxy) is 3. The fourth-order valence-electron chi connectivity index (χ4n) is 4.39. The summed E-state index contributed by atoms with van der Waals surface area (Å²) in [5.41, 5.74) is 4.09. The van der Waals surface area contributed by atoms with E-state index in [1.807, 2.05) is 52.7 Å². The minimum Gasteiger partial charge on any atom is -0.493 e. The van der Waals surface area contributed by atoms with Crippen LogP contribution in [0.1, 0.15) is 35.6 Å². The highest BCUT2D eigenvalue weighted by Crippen LogP contribution is 2.36. The molecule has 1 unspecified atom stereocenters. The van der Waals surface area contributed by atoms with Crippen LogP contribution >= 0.6 is 0 Å². The van der Waals surface area contributed by atoms with Crippen molar-refractivity contribution < 1.29 is 14.2 Å². The first-order valence-corrected chi connectivity index (χ1v) is 11.8. The number of aromatic nitrogens is 4. The van der Waals surface area contributed by atoms with Gasteiger partial charge in [-0.25, -0.2) is 9.99 Å². The Morgan fingerprint density at radius 3 is 2.77 bits per heavy atom. The molecule has 3 aromatic rings. The van der Waals surface area contributed by atoms with E-state index in [-0.39, 0.29) is 0 Å². The van der Waals surface area contributed by atoms with Gasteiger partial charge in [-0.3, -0.25) is 0 Å². The average molecular weight is 478 g/mol. The molecule has 0 spiro atoms. The SMILES string of the molecule is COc1ccc(COc2cc(N3C=CN(n4cc(C5CCCNC5)nn4)C3)c(C)cc2OC)cn1. The number of rotatable bonds is 8. The lowest BCUT2D eigenvalue weighted by Crippen LogP contribution is -2.34. The van der Waals surface area contributed by atoms with Crippen LogP contribution in [-0.2, 0) is 6.61 Å². The van der Waals surface area contributed by atoms with Crippen molar-refractivity contribution in [3.8, 4) is 17.4 Å². The van der Waals surface area contributed by atoms with Crippen LogP contribution < -0.4 is 29.4 Å². The van der Waals surface area contributed by atoms with E-state index in [4.69, 9.17) is 14.2 Å². The minimum atomic E-state index is 0.371. The van der Waals surface area contributed by atoms with Gasteiger partial charge in [0, 0.05) is 54.4 Å². The summed E-state index contributed by atoms with van der Waals surface area (Å²) in [7, 11) is 3.25. The molecule has 10 nitrogen and oxygen atoms in total. The van der Waals surface area contributed by atoms with Crippen LogP contribution in [0.15, 0.2) is 49.1 Å². The van der Waals surface area contributed by atoms with Gasteiger partial charge in [-0.15, -0.1) is 5.10 Å². The van der Waals surface area contributed by atoms with E-state index in [2.05, 4.69) is 32.4 Å². The number of methoxy groups -OCH3 is 2. The number of anilines is 1. The summed E-state index contributed by atoms with van der Waals surface area (Å²) in [6, 6.07) is 7.77. The zero-order chi connectivity index (χ0) is 24.2. The first-order valence-electron chi connectivity index (χ1n) is 11.8. The quantitative estimate of drug-likeness (QED) is 0.526. The van der Waals surface area contributed by atoms with E-state index in [1.165, 1.54) is 6.42 Å². The first-order chi connectivity index (χ1) is 17.1. The third-order valence-electron chi connectivity index (χ3n) is 6.39. The summed E-state index contributed by atoms with van der Waals surface area (Å²) in [5, 5.41) is 14.3. The molecular formula is C25H31N7O3. The number of aryl methyl sites for hydroxylation is 1. The second kappa shape index (κ2) is 10.2. The molecule has 1 atom stereocenters. The third-order valence-corrected chi connectivity index (χ3v) is 6.39. The Hall–Kier alpha value is -3.79. The number of benzene rings is 1. The smallest absolute Gasteiger partial charge is 0.212 e. The van der Waals surface area contributed by atoms with Crippen molar-refractivity contribution in [2.75, 3.05) is 43.9 Å². The van der Waals surface area contributed by atoms with Gasteiger partial charge in [0.25, 0.3) is 0 Å². The number of nitrogens with zero attached hydrogens (tertiary/aromatic N) is 6. The maximum Gasteiger partial charge on any atom is 0.212 e. The number of pyridine rings is 1. The number of hydrogen-bond donors (Lipinski definition) is 1. The third kappa shape index (κ3) is 5.02. The van der Waals surface area contributed by atoms with Crippen LogP contribution in [0.3, 0.4) is 0 Å². The van der Waals surface area contributed by atoms with Gasteiger partial charge in [0.15, 0.2) is 11.5 Å². The molecule has 0 bridgehead atoms. The highest BCUT2D eigenvalue weighted by atomic mass is 16.5. The fraction of sp³-hybridized carbons (Fsp3) is 0.400.